The molecule has 0 unspecified atom stereocenters. The zero-order valence-electron chi connectivity index (χ0n) is 14.8. The van der Waals surface area contributed by atoms with Crippen LogP contribution in [0, 0.1) is 6.92 Å². The van der Waals surface area contributed by atoms with Crippen molar-refractivity contribution in [3.8, 4) is 0 Å². The molecule has 0 spiro atoms. The van der Waals surface area contributed by atoms with Gasteiger partial charge < -0.3 is 10.6 Å². The molecular weight excluding hydrogens is 346 g/mol. The molecule has 6 heteroatoms. The maximum atomic E-state index is 12.3. The topological polar surface area (TPSA) is 61.4 Å². The lowest BCUT2D eigenvalue weighted by molar-refractivity contribution is 0.0953. The van der Waals surface area contributed by atoms with E-state index < -0.39 is 0 Å². The molecule has 2 N–H and O–H groups in total. The molecule has 2 aromatic carbocycles. The molecule has 136 valence electrons. The molecule has 1 aliphatic heterocycles. The van der Waals surface area contributed by atoms with Crippen molar-refractivity contribution < 1.29 is 9.59 Å². The summed E-state index contributed by atoms with van der Waals surface area (Å²) in [7, 11) is 0. The minimum atomic E-state index is -0.115. The molecule has 5 nitrogen and oxygen atoms in total. The molecule has 0 aliphatic carbocycles. The summed E-state index contributed by atoms with van der Waals surface area (Å²) >= 11 is 1.79. The van der Waals surface area contributed by atoms with Crippen LogP contribution in [0.15, 0.2) is 53.4 Å². The Morgan fingerprint density at radius 3 is 2.77 bits per heavy atom. The maximum absolute atomic E-state index is 12.3. The number of rotatable bonds is 7. The van der Waals surface area contributed by atoms with Gasteiger partial charge in [-0.3, -0.25) is 9.69 Å². The van der Waals surface area contributed by atoms with Crippen molar-refractivity contribution in [3.63, 3.8) is 0 Å². The van der Waals surface area contributed by atoms with Gasteiger partial charge in [-0.1, -0.05) is 23.8 Å². The average Bonchev–Trinajstić information content (AvgIpc) is 3.09. The van der Waals surface area contributed by atoms with Crippen LogP contribution in [-0.2, 0) is 0 Å². The minimum absolute atomic E-state index is 0.105. The van der Waals surface area contributed by atoms with E-state index >= 15 is 0 Å². The zero-order valence-corrected chi connectivity index (χ0v) is 15.6. The Hall–Kier alpha value is -2.47. The number of urea groups is 1. The third kappa shape index (κ3) is 4.79. The predicted octanol–water partition coefficient (Wildman–Crippen LogP) is 3.44. The molecule has 0 saturated carbocycles. The summed E-state index contributed by atoms with van der Waals surface area (Å²) in [6, 6.07) is 15.5. The maximum Gasteiger partial charge on any atom is 0.321 e. The first-order valence-electron chi connectivity index (χ1n) is 8.76. The number of aryl methyl sites for hydroxylation is 1. The van der Waals surface area contributed by atoms with Crippen molar-refractivity contribution >= 4 is 29.4 Å². The van der Waals surface area contributed by atoms with Crippen molar-refractivity contribution in [1.29, 1.82) is 0 Å². The van der Waals surface area contributed by atoms with E-state index in [4.69, 9.17) is 0 Å². The summed E-state index contributed by atoms with van der Waals surface area (Å²) in [6.07, 6.45) is 0.901. The first kappa shape index (κ1) is 18.3. The van der Waals surface area contributed by atoms with Crippen molar-refractivity contribution in [2.24, 2.45) is 0 Å². The second kappa shape index (κ2) is 8.76. The second-order valence-corrected chi connectivity index (χ2v) is 7.37. The Labute approximate surface area is 158 Å². The van der Waals surface area contributed by atoms with Crippen LogP contribution >= 0.6 is 11.8 Å². The van der Waals surface area contributed by atoms with Gasteiger partial charge in [-0.15, -0.1) is 11.8 Å². The Morgan fingerprint density at radius 1 is 1.23 bits per heavy atom. The van der Waals surface area contributed by atoms with E-state index in [1.165, 1.54) is 10.5 Å². The fourth-order valence-corrected chi connectivity index (χ4v) is 3.59. The van der Waals surface area contributed by atoms with Gasteiger partial charge in [0, 0.05) is 35.8 Å². The summed E-state index contributed by atoms with van der Waals surface area (Å²) < 4.78 is 0. The summed E-state index contributed by atoms with van der Waals surface area (Å²) in [6.45, 7) is 3.97. The van der Waals surface area contributed by atoms with E-state index in [2.05, 4.69) is 41.8 Å². The van der Waals surface area contributed by atoms with Gasteiger partial charge >= 0.3 is 6.03 Å². The van der Waals surface area contributed by atoms with E-state index in [0.29, 0.717) is 25.2 Å². The summed E-state index contributed by atoms with van der Waals surface area (Å²) in [5, 5.41) is 5.72. The standard InChI is InChI=1S/C20H23N3O2S/c1-15-6-8-18(9-7-15)26-13-3-10-21-19(24)16-4-2-5-17(14-16)23-12-11-22-20(23)25/h2,4-9,14H,3,10-13H2,1H3,(H,21,24)(H,22,25). The smallest absolute Gasteiger partial charge is 0.321 e. The second-order valence-electron chi connectivity index (χ2n) is 6.20. The fraction of sp³-hybridized carbons (Fsp3) is 0.300. The van der Waals surface area contributed by atoms with Gasteiger partial charge in [-0.25, -0.2) is 4.79 Å². The van der Waals surface area contributed by atoms with Crippen LogP contribution < -0.4 is 15.5 Å². The van der Waals surface area contributed by atoms with Crippen molar-refractivity contribution in [2.75, 3.05) is 30.3 Å². The molecule has 0 radical (unpaired) electrons. The number of carbonyl (C=O) groups excluding carboxylic acids is 2. The van der Waals surface area contributed by atoms with Gasteiger partial charge in [-0.05, 0) is 49.4 Å². The lowest BCUT2D eigenvalue weighted by atomic mass is 10.1. The first-order chi connectivity index (χ1) is 12.6. The lowest BCUT2D eigenvalue weighted by Crippen LogP contribution is -2.28. The van der Waals surface area contributed by atoms with Crippen LogP contribution in [0.2, 0.25) is 0 Å². The number of hydrogen-bond donors (Lipinski definition) is 2. The van der Waals surface area contributed by atoms with Gasteiger partial charge in [0.25, 0.3) is 5.91 Å². The molecule has 1 saturated heterocycles. The van der Waals surface area contributed by atoms with Crippen LogP contribution in [0.5, 0.6) is 0 Å². The number of nitrogens with zero attached hydrogens (tertiary/aromatic N) is 1. The number of benzene rings is 2. The normalized spacial score (nSPS) is 13.6. The average molecular weight is 369 g/mol. The van der Waals surface area contributed by atoms with Gasteiger partial charge in [0.2, 0.25) is 0 Å². The Bertz CT molecular complexity index is 777. The molecule has 26 heavy (non-hydrogen) atoms. The summed E-state index contributed by atoms with van der Waals surface area (Å²) in [5.74, 6) is 0.851. The van der Waals surface area contributed by atoms with Crippen LogP contribution in [0.3, 0.4) is 0 Å². The van der Waals surface area contributed by atoms with E-state index in [1.807, 2.05) is 12.1 Å². The molecule has 1 aliphatic rings. The first-order valence-corrected chi connectivity index (χ1v) is 9.75. The van der Waals surface area contributed by atoms with Gasteiger partial charge in [0.05, 0.1) is 0 Å². The van der Waals surface area contributed by atoms with Crippen LogP contribution in [-0.4, -0.2) is 37.3 Å². The molecule has 0 bridgehead atoms. The largest absolute Gasteiger partial charge is 0.352 e. The third-order valence-corrected chi connectivity index (χ3v) is 5.27. The lowest BCUT2D eigenvalue weighted by Gasteiger charge is -2.15. The molecular formula is C20H23N3O2S. The minimum Gasteiger partial charge on any atom is -0.352 e. The molecule has 3 rings (SSSR count). The van der Waals surface area contributed by atoms with E-state index in [1.54, 1.807) is 28.8 Å². The molecule has 2 aromatic rings. The highest BCUT2D eigenvalue weighted by Crippen LogP contribution is 2.19. The van der Waals surface area contributed by atoms with Gasteiger partial charge in [-0.2, -0.15) is 0 Å². The molecule has 3 amide bonds. The van der Waals surface area contributed by atoms with E-state index in [9.17, 15) is 9.59 Å². The Morgan fingerprint density at radius 2 is 2.04 bits per heavy atom. The fourth-order valence-electron chi connectivity index (χ4n) is 2.73. The summed E-state index contributed by atoms with van der Waals surface area (Å²) in [4.78, 5) is 27.0. The SMILES string of the molecule is Cc1ccc(SCCCNC(=O)c2cccc(N3CCNC3=O)c2)cc1. The number of hydrogen-bond acceptors (Lipinski definition) is 3. The van der Waals surface area contributed by atoms with Gasteiger partial charge in [0.1, 0.15) is 0 Å². The zero-order chi connectivity index (χ0) is 18.4. The summed E-state index contributed by atoms with van der Waals surface area (Å²) in [5.41, 5.74) is 2.59. The molecule has 0 atom stereocenters. The van der Waals surface area contributed by atoms with Crippen molar-refractivity contribution in [1.82, 2.24) is 10.6 Å². The number of nitrogens with one attached hydrogen (secondary N) is 2. The third-order valence-electron chi connectivity index (χ3n) is 4.17. The number of amides is 3. The van der Waals surface area contributed by atoms with Crippen LogP contribution in [0.25, 0.3) is 0 Å². The van der Waals surface area contributed by atoms with Crippen LogP contribution in [0.1, 0.15) is 22.3 Å². The monoisotopic (exact) mass is 369 g/mol. The molecule has 1 fully saturated rings. The van der Waals surface area contributed by atoms with E-state index in [-0.39, 0.29) is 11.9 Å². The highest BCUT2D eigenvalue weighted by atomic mass is 32.2. The quantitative estimate of drug-likeness (QED) is 0.581. The number of carbonyl (C=O) groups is 2. The number of anilines is 1. The van der Waals surface area contributed by atoms with Crippen LogP contribution in [0.4, 0.5) is 10.5 Å². The Balaban J connectivity index is 1.44. The van der Waals surface area contributed by atoms with E-state index in [0.717, 1.165) is 17.9 Å². The highest BCUT2D eigenvalue weighted by Gasteiger charge is 2.21. The van der Waals surface area contributed by atoms with Crippen molar-refractivity contribution in [2.45, 2.75) is 18.2 Å². The van der Waals surface area contributed by atoms with Gasteiger partial charge in [0.15, 0.2) is 0 Å². The molecule has 0 aromatic heterocycles. The van der Waals surface area contributed by atoms with Crippen molar-refractivity contribution in [3.05, 3.63) is 59.7 Å². The molecule has 1 heterocycles. The predicted molar refractivity (Wildman–Crippen MR) is 106 cm³/mol. The highest BCUT2D eigenvalue weighted by molar-refractivity contribution is 7.99. The number of thioether (sulfide) groups is 1. The Kier molecular flexibility index (Phi) is 6.17.